The summed E-state index contributed by atoms with van der Waals surface area (Å²) >= 11 is 0. The van der Waals surface area contributed by atoms with E-state index >= 15 is 0 Å². The van der Waals surface area contributed by atoms with Crippen LogP contribution in [0, 0.1) is 0 Å². The number of rotatable bonds is 5. The molecule has 0 heterocycles. The van der Waals surface area contributed by atoms with Gasteiger partial charge in [-0.05, 0) is 6.42 Å². The Morgan fingerprint density at radius 3 is 2.36 bits per heavy atom. The molecule has 0 spiro atoms. The van der Waals surface area contributed by atoms with Crippen molar-refractivity contribution < 1.29 is 19.0 Å². The summed E-state index contributed by atoms with van der Waals surface area (Å²) in [6, 6.07) is 0. The van der Waals surface area contributed by atoms with E-state index < -0.39 is 18.6 Å². The van der Waals surface area contributed by atoms with Crippen LogP contribution in [0.25, 0.3) is 0 Å². The number of unbranched alkanes of at least 4 members (excludes halogenated alkanes) is 1. The van der Waals surface area contributed by atoms with Crippen molar-refractivity contribution in [2.45, 2.75) is 38.2 Å². The van der Waals surface area contributed by atoms with Gasteiger partial charge < -0.3 is 10.2 Å². The molecule has 0 saturated heterocycles. The van der Waals surface area contributed by atoms with Crippen LogP contribution in [-0.4, -0.2) is 28.8 Å². The molecule has 68 valence electrons. The second kappa shape index (κ2) is 4.62. The first-order valence-corrected chi connectivity index (χ1v) is 3.71. The fraction of sp³-hybridized carbons (Fsp3) is 1.00. The SMILES string of the molecule is CCCCC(F)(F)[C@@H](O)CO. The van der Waals surface area contributed by atoms with Crippen molar-refractivity contribution in [3.05, 3.63) is 0 Å². The monoisotopic (exact) mass is 168 g/mol. The van der Waals surface area contributed by atoms with Crippen LogP contribution in [0.4, 0.5) is 8.78 Å². The van der Waals surface area contributed by atoms with Crippen LogP contribution in [0.2, 0.25) is 0 Å². The maximum Gasteiger partial charge on any atom is 0.275 e. The van der Waals surface area contributed by atoms with Crippen LogP contribution >= 0.6 is 0 Å². The van der Waals surface area contributed by atoms with Crippen molar-refractivity contribution in [1.82, 2.24) is 0 Å². The Morgan fingerprint density at radius 1 is 1.45 bits per heavy atom. The minimum absolute atomic E-state index is 0.356. The zero-order chi connectivity index (χ0) is 8.91. The molecule has 0 unspecified atom stereocenters. The van der Waals surface area contributed by atoms with E-state index in [4.69, 9.17) is 10.2 Å². The highest BCUT2D eigenvalue weighted by Gasteiger charge is 2.36. The quantitative estimate of drug-likeness (QED) is 0.646. The van der Waals surface area contributed by atoms with Gasteiger partial charge in [0.25, 0.3) is 5.92 Å². The normalized spacial score (nSPS) is 15.0. The Bertz CT molecular complexity index is 107. The van der Waals surface area contributed by atoms with Crippen molar-refractivity contribution in [2.24, 2.45) is 0 Å². The second-order valence-corrected chi connectivity index (χ2v) is 2.56. The molecule has 0 saturated carbocycles. The molecule has 0 rings (SSSR count). The first kappa shape index (κ1) is 10.8. The van der Waals surface area contributed by atoms with Gasteiger partial charge in [0.15, 0.2) is 0 Å². The zero-order valence-electron chi connectivity index (χ0n) is 6.56. The summed E-state index contributed by atoms with van der Waals surface area (Å²) in [6.07, 6.45) is -1.24. The maximum absolute atomic E-state index is 12.6. The van der Waals surface area contributed by atoms with E-state index in [1.54, 1.807) is 6.92 Å². The van der Waals surface area contributed by atoms with E-state index in [2.05, 4.69) is 0 Å². The summed E-state index contributed by atoms with van der Waals surface area (Å²) in [5, 5.41) is 16.9. The summed E-state index contributed by atoms with van der Waals surface area (Å²) in [6.45, 7) is 0.915. The molecule has 2 nitrogen and oxygen atoms in total. The summed E-state index contributed by atoms with van der Waals surface area (Å²) in [7, 11) is 0. The minimum atomic E-state index is -3.13. The van der Waals surface area contributed by atoms with Gasteiger partial charge >= 0.3 is 0 Å². The zero-order valence-corrected chi connectivity index (χ0v) is 6.56. The Hall–Kier alpha value is -0.220. The maximum atomic E-state index is 12.6. The standard InChI is InChI=1S/C7H14F2O2/c1-2-3-4-7(8,9)6(11)5-10/h6,10-11H,2-5H2,1H3/t6-/m0/s1. The van der Waals surface area contributed by atoms with Gasteiger partial charge in [-0.3, -0.25) is 0 Å². The van der Waals surface area contributed by atoms with Gasteiger partial charge in [0.05, 0.1) is 6.61 Å². The van der Waals surface area contributed by atoms with Crippen LogP contribution in [0.5, 0.6) is 0 Å². The number of hydrogen-bond acceptors (Lipinski definition) is 2. The molecule has 0 aliphatic heterocycles. The summed E-state index contributed by atoms with van der Waals surface area (Å²) in [5.74, 6) is -3.13. The van der Waals surface area contributed by atoms with Crippen LogP contribution in [0.1, 0.15) is 26.2 Å². The average Bonchev–Trinajstić information content (AvgIpc) is 1.99. The van der Waals surface area contributed by atoms with Gasteiger partial charge in [-0.1, -0.05) is 13.3 Å². The highest BCUT2D eigenvalue weighted by Crippen LogP contribution is 2.24. The molecule has 0 amide bonds. The predicted octanol–water partition coefficient (Wildman–Crippen LogP) is 1.17. The minimum Gasteiger partial charge on any atom is -0.393 e. The molecule has 0 aromatic heterocycles. The lowest BCUT2D eigenvalue weighted by Gasteiger charge is -2.20. The first-order chi connectivity index (χ1) is 5.04. The summed E-state index contributed by atoms with van der Waals surface area (Å²) < 4.78 is 25.2. The summed E-state index contributed by atoms with van der Waals surface area (Å²) in [4.78, 5) is 0. The van der Waals surface area contributed by atoms with Crippen LogP contribution in [-0.2, 0) is 0 Å². The van der Waals surface area contributed by atoms with Gasteiger partial charge in [0.2, 0.25) is 0 Å². The Morgan fingerprint density at radius 2 is 2.00 bits per heavy atom. The molecule has 0 bridgehead atoms. The Labute approximate surface area is 64.8 Å². The third-order valence-electron chi connectivity index (χ3n) is 1.52. The molecular formula is C7H14F2O2. The molecular weight excluding hydrogens is 154 g/mol. The first-order valence-electron chi connectivity index (χ1n) is 3.71. The molecule has 4 heteroatoms. The van der Waals surface area contributed by atoms with Crippen molar-refractivity contribution >= 4 is 0 Å². The Balaban J connectivity index is 3.77. The van der Waals surface area contributed by atoms with E-state index in [9.17, 15) is 8.78 Å². The van der Waals surface area contributed by atoms with Crippen LogP contribution < -0.4 is 0 Å². The molecule has 11 heavy (non-hydrogen) atoms. The van der Waals surface area contributed by atoms with Gasteiger partial charge in [-0.2, -0.15) is 0 Å². The highest BCUT2D eigenvalue weighted by atomic mass is 19.3. The topological polar surface area (TPSA) is 40.5 Å². The molecule has 2 N–H and O–H groups in total. The average molecular weight is 168 g/mol. The smallest absolute Gasteiger partial charge is 0.275 e. The van der Waals surface area contributed by atoms with E-state index in [0.29, 0.717) is 12.8 Å². The molecule has 0 aromatic carbocycles. The Kier molecular flexibility index (Phi) is 4.52. The third-order valence-corrected chi connectivity index (χ3v) is 1.52. The molecule has 0 fully saturated rings. The van der Waals surface area contributed by atoms with Crippen LogP contribution in [0.15, 0.2) is 0 Å². The number of halogens is 2. The lowest BCUT2D eigenvalue weighted by molar-refractivity contribution is -0.130. The van der Waals surface area contributed by atoms with E-state index in [0.717, 1.165) is 0 Å². The fourth-order valence-corrected chi connectivity index (χ4v) is 0.713. The number of hydrogen-bond donors (Lipinski definition) is 2. The van der Waals surface area contributed by atoms with Crippen molar-refractivity contribution in [3.63, 3.8) is 0 Å². The second-order valence-electron chi connectivity index (χ2n) is 2.56. The molecule has 0 radical (unpaired) electrons. The van der Waals surface area contributed by atoms with Gasteiger partial charge in [-0.25, -0.2) is 8.78 Å². The largest absolute Gasteiger partial charge is 0.393 e. The van der Waals surface area contributed by atoms with Gasteiger partial charge in [0, 0.05) is 6.42 Å². The number of aliphatic hydroxyl groups excluding tert-OH is 2. The van der Waals surface area contributed by atoms with E-state index in [1.807, 2.05) is 0 Å². The molecule has 0 aliphatic rings. The van der Waals surface area contributed by atoms with E-state index in [-0.39, 0.29) is 6.42 Å². The number of alkyl halides is 2. The molecule has 1 atom stereocenters. The summed E-state index contributed by atoms with van der Waals surface area (Å²) in [5.41, 5.74) is 0. The third kappa shape index (κ3) is 3.62. The van der Waals surface area contributed by atoms with Gasteiger partial charge in [-0.15, -0.1) is 0 Å². The lowest BCUT2D eigenvalue weighted by atomic mass is 10.1. The highest BCUT2D eigenvalue weighted by molar-refractivity contribution is 4.74. The lowest BCUT2D eigenvalue weighted by Crippen LogP contribution is -2.36. The van der Waals surface area contributed by atoms with Crippen molar-refractivity contribution in [3.8, 4) is 0 Å². The predicted molar refractivity (Wildman–Crippen MR) is 37.6 cm³/mol. The fourth-order valence-electron chi connectivity index (χ4n) is 0.713. The van der Waals surface area contributed by atoms with E-state index in [1.165, 1.54) is 0 Å². The van der Waals surface area contributed by atoms with Crippen LogP contribution in [0.3, 0.4) is 0 Å². The van der Waals surface area contributed by atoms with Crippen molar-refractivity contribution in [2.75, 3.05) is 6.61 Å². The van der Waals surface area contributed by atoms with Crippen molar-refractivity contribution in [1.29, 1.82) is 0 Å². The number of aliphatic hydroxyl groups is 2. The van der Waals surface area contributed by atoms with Gasteiger partial charge in [0.1, 0.15) is 6.10 Å². The molecule has 0 aromatic rings. The molecule has 0 aliphatic carbocycles.